The Labute approximate surface area is 119 Å². The minimum absolute atomic E-state index is 0.125. The molecule has 0 radical (unpaired) electrons. The molecule has 1 aliphatic rings. The monoisotopic (exact) mass is 304 g/mol. The maximum atomic E-state index is 13.0. The minimum Gasteiger partial charge on any atom is -0.384 e. The summed E-state index contributed by atoms with van der Waals surface area (Å²) in [6.07, 6.45) is -3.05. The van der Waals surface area contributed by atoms with Crippen molar-refractivity contribution in [2.75, 3.05) is 25.1 Å². The van der Waals surface area contributed by atoms with E-state index in [0.29, 0.717) is 25.8 Å². The normalized spacial score (nSPS) is 16.7. The van der Waals surface area contributed by atoms with Crippen molar-refractivity contribution in [2.24, 2.45) is 5.92 Å². The first-order chi connectivity index (χ1) is 9.88. The van der Waals surface area contributed by atoms with Crippen LogP contribution < -0.4 is 5.32 Å². The number of anilines is 1. The van der Waals surface area contributed by atoms with Gasteiger partial charge in [0.15, 0.2) is 0 Å². The fourth-order valence-electron chi connectivity index (χ4n) is 2.24. The number of hydrogen-bond acceptors (Lipinski definition) is 4. The van der Waals surface area contributed by atoms with Crippen molar-refractivity contribution < 1.29 is 22.8 Å². The van der Waals surface area contributed by atoms with E-state index in [1.807, 2.05) is 0 Å². The zero-order valence-corrected chi connectivity index (χ0v) is 11.2. The third-order valence-electron chi connectivity index (χ3n) is 3.44. The van der Waals surface area contributed by atoms with Crippen LogP contribution in [-0.2, 0) is 10.9 Å². The van der Waals surface area contributed by atoms with E-state index < -0.39 is 22.4 Å². The molecule has 0 aliphatic carbocycles. The van der Waals surface area contributed by atoms with Gasteiger partial charge in [-0.3, -0.25) is 10.1 Å². The van der Waals surface area contributed by atoms with Crippen molar-refractivity contribution in [2.45, 2.75) is 19.0 Å². The predicted octanol–water partition coefficient (Wildman–Crippen LogP) is 3.45. The lowest BCUT2D eigenvalue weighted by Gasteiger charge is -2.23. The van der Waals surface area contributed by atoms with Gasteiger partial charge >= 0.3 is 6.18 Å². The molecule has 0 amide bonds. The number of nitro benzene ring substituents is 1. The first-order valence-electron chi connectivity index (χ1n) is 6.55. The number of benzene rings is 1. The topological polar surface area (TPSA) is 64.4 Å². The van der Waals surface area contributed by atoms with E-state index in [9.17, 15) is 23.3 Å². The van der Waals surface area contributed by atoms with Crippen LogP contribution in [0.5, 0.6) is 0 Å². The summed E-state index contributed by atoms with van der Waals surface area (Å²) in [6, 6.07) is 2.74. The molecule has 1 N–H and O–H groups in total. The highest BCUT2D eigenvalue weighted by Crippen LogP contribution is 2.37. The Morgan fingerprint density at radius 3 is 2.57 bits per heavy atom. The Bertz CT molecular complexity index is 514. The molecule has 1 aliphatic heterocycles. The van der Waals surface area contributed by atoms with Crippen LogP contribution in [0.2, 0.25) is 0 Å². The van der Waals surface area contributed by atoms with Crippen LogP contribution in [0.1, 0.15) is 18.4 Å². The van der Waals surface area contributed by atoms with Gasteiger partial charge in [0.25, 0.3) is 5.69 Å². The second-order valence-electron chi connectivity index (χ2n) is 4.92. The van der Waals surface area contributed by atoms with Crippen LogP contribution in [0.15, 0.2) is 18.2 Å². The fraction of sp³-hybridized carbons (Fsp3) is 0.538. The molecule has 5 nitrogen and oxygen atoms in total. The van der Waals surface area contributed by atoms with Gasteiger partial charge < -0.3 is 10.1 Å². The maximum absolute atomic E-state index is 13.0. The van der Waals surface area contributed by atoms with Gasteiger partial charge in [-0.25, -0.2) is 0 Å². The van der Waals surface area contributed by atoms with E-state index in [1.54, 1.807) is 0 Å². The van der Waals surface area contributed by atoms with Gasteiger partial charge in [0.2, 0.25) is 0 Å². The number of nitrogens with zero attached hydrogens (tertiary/aromatic N) is 1. The van der Waals surface area contributed by atoms with Gasteiger partial charge in [-0.05, 0) is 24.8 Å². The molecule has 0 bridgehead atoms. The number of non-ortho nitro benzene ring substituents is 1. The van der Waals surface area contributed by atoms with Crippen LogP contribution in [0.3, 0.4) is 0 Å². The van der Waals surface area contributed by atoms with Gasteiger partial charge in [-0.15, -0.1) is 0 Å². The van der Waals surface area contributed by atoms with Crippen LogP contribution in [-0.4, -0.2) is 24.7 Å². The molecule has 8 heteroatoms. The quantitative estimate of drug-likeness (QED) is 0.683. The summed E-state index contributed by atoms with van der Waals surface area (Å²) in [5.74, 6) is 0.245. The lowest BCUT2D eigenvalue weighted by molar-refractivity contribution is -0.385. The zero-order valence-electron chi connectivity index (χ0n) is 11.2. The molecule has 0 atom stereocenters. The van der Waals surface area contributed by atoms with E-state index in [2.05, 4.69) is 5.32 Å². The molecule has 116 valence electrons. The predicted molar refractivity (Wildman–Crippen MR) is 70.1 cm³/mol. The van der Waals surface area contributed by atoms with Crippen LogP contribution in [0.25, 0.3) is 0 Å². The van der Waals surface area contributed by atoms with E-state index in [-0.39, 0.29) is 11.6 Å². The van der Waals surface area contributed by atoms with E-state index in [1.165, 1.54) is 0 Å². The first kappa shape index (κ1) is 15.6. The Morgan fingerprint density at radius 1 is 1.33 bits per heavy atom. The zero-order chi connectivity index (χ0) is 15.5. The molecule has 1 aromatic carbocycles. The van der Waals surface area contributed by atoms with Crippen molar-refractivity contribution in [1.82, 2.24) is 0 Å². The Kier molecular flexibility index (Phi) is 4.66. The maximum Gasteiger partial charge on any atom is 0.418 e. The second kappa shape index (κ2) is 6.30. The highest BCUT2D eigenvalue weighted by atomic mass is 19.4. The number of nitrogens with one attached hydrogen (secondary N) is 1. The first-order valence-corrected chi connectivity index (χ1v) is 6.55. The smallest absolute Gasteiger partial charge is 0.384 e. The number of rotatable bonds is 4. The van der Waals surface area contributed by atoms with Crippen molar-refractivity contribution in [3.05, 3.63) is 33.9 Å². The Balaban J connectivity index is 2.15. The fourth-order valence-corrected chi connectivity index (χ4v) is 2.24. The SMILES string of the molecule is O=[N+]([O-])c1ccc(NCC2CCOCC2)c(C(F)(F)F)c1. The van der Waals surface area contributed by atoms with Gasteiger partial charge in [0.1, 0.15) is 0 Å². The summed E-state index contributed by atoms with van der Waals surface area (Å²) in [5, 5.41) is 13.4. The molecular formula is C13H15F3N2O3. The standard InChI is InChI=1S/C13H15F3N2O3/c14-13(15,16)11-7-10(18(19)20)1-2-12(11)17-8-9-3-5-21-6-4-9/h1-2,7,9,17H,3-6,8H2. The molecule has 1 fully saturated rings. The summed E-state index contributed by atoms with van der Waals surface area (Å²) in [7, 11) is 0. The average Bonchev–Trinajstić information content (AvgIpc) is 2.45. The molecule has 0 unspecified atom stereocenters. The van der Waals surface area contributed by atoms with Crippen LogP contribution in [0, 0.1) is 16.0 Å². The molecule has 1 aromatic rings. The summed E-state index contributed by atoms with van der Waals surface area (Å²) in [5.41, 5.74) is -1.71. The third kappa shape index (κ3) is 4.07. The van der Waals surface area contributed by atoms with Crippen LogP contribution >= 0.6 is 0 Å². The molecule has 0 spiro atoms. The lowest BCUT2D eigenvalue weighted by Crippen LogP contribution is -2.23. The number of hydrogen-bond donors (Lipinski definition) is 1. The van der Waals surface area contributed by atoms with E-state index in [4.69, 9.17) is 4.74 Å². The Hall–Kier alpha value is -1.83. The lowest BCUT2D eigenvalue weighted by atomic mass is 10.00. The van der Waals surface area contributed by atoms with Gasteiger partial charge in [-0.1, -0.05) is 0 Å². The highest BCUT2D eigenvalue weighted by Gasteiger charge is 2.35. The number of nitro groups is 1. The van der Waals surface area contributed by atoms with Gasteiger partial charge in [0, 0.05) is 37.6 Å². The molecule has 21 heavy (non-hydrogen) atoms. The summed E-state index contributed by atoms with van der Waals surface area (Å²) in [6.45, 7) is 1.61. The minimum atomic E-state index is -4.63. The van der Waals surface area contributed by atoms with Crippen molar-refractivity contribution in [3.63, 3.8) is 0 Å². The average molecular weight is 304 g/mol. The summed E-state index contributed by atoms with van der Waals surface area (Å²) in [4.78, 5) is 9.76. The molecule has 1 saturated heterocycles. The molecular weight excluding hydrogens is 289 g/mol. The van der Waals surface area contributed by atoms with Gasteiger partial charge in [-0.2, -0.15) is 13.2 Å². The van der Waals surface area contributed by atoms with Crippen molar-refractivity contribution in [1.29, 1.82) is 0 Å². The number of halogens is 3. The molecule has 0 saturated carbocycles. The van der Waals surface area contributed by atoms with E-state index >= 15 is 0 Å². The molecule has 2 rings (SSSR count). The summed E-state index contributed by atoms with van der Waals surface area (Å²) >= 11 is 0. The van der Waals surface area contributed by atoms with Crippen LogP contribution in [0.4, 0.5) is 24.5 Å². The summed E-state index contributed by atoms with van der Waals surface area (Å²) < 4.78 is 44.1. The third-order valence-corrected chi connectivity index (χ3v) is 3.44. The number of alkyl halides is 3. The highest BCUT2D eigenvalue weighted by molar-refractivity contribution is 5.57. The molecule has 0 aromatic heterocycles. The second-order valence-corrected chi connectivity index (χ2v) is 4.92. The van der Waals surface area contributed by atoms with Gasteiger partial charge in [0.05, 0.1) is 10.5 Å². The Morgan fingerprint density at radius 2 is 2.00 bits per heavy atom. The molecule has 1 heterocycles. The largest absolute Gasteiger partial charge is 0.418 e. The van der Waals surface area contributed by atoms with Crippen molar-refractivity contribution in [3.8, 4) is 0 Å². The van der Waals surface area contributed by atoms with E-state index in [0.717, 1.165) is 25.0 Å². The van der Waals surface area contributed by atoms with Crippen molar-refractivity contribution >= 4 is 11.4 Å². The number of ether oxygens (including phenoxy) is 1.